The first kappa shape index (κ1) is 20.6. The second-order valence-corrected chi connectivity index (χ2v) is 7.55. The second kappa shape index (κ2) is 8.90. The summed E-state index contributed by atoms with van der Waals surface area (Å²) in [6, 6.07) is 15.3. The van der Waals surface area contributed by atoms with Crippen LogP contribution in [0.3, 0.4) is 0 Å². The van der Waals surface area contributed by atoms with E-state index in [2.05, 4.69) is 5.32 Å². The fourth-order valence-electron chi connectivity index (χ4n) is 3.40. The van der Waals surface area contributed by atoms with Crippen molar-refractivity contribution in [2.45, 2.75) is 39.8 Å². The first-order valence-corrected chi connectivity index (χ1v) is 9.74. The van der Waals surface area contributed by atoms with Crippen molar-refractivity contribution in [1.82, 2.24) is 4.90 Å². The van der Waals surface area contributed by atoms with Gasteiger partial charge in [-0.1, -0.05) is 48.0 Å². The molecule has 0 bridgehead atoms. The van der Waals surface area contributed by atoms with Crippen LogP contribution in [-0.2, 0) is 25.7 Å². The Bertz CT molecular complexity index is 910. The lowest BCUT2D eigenvalue weighted by Gasteiger charge is -2.18. The van der Waals surface area contributed by atoms with Crippen molar-refractivity contribution in [3.8, 4) is 0 Å². The number of carbonyl (C=O) groups excluding carboxylic acids is 3. The zero-order valence-corrected chi connectivity index (χ0v) is 17.0. The Kier molecular flexibility index (Phi) is 6.32. The summed E-state index contributed by atoms with van der Waals surface area (Å²) < 4.78 is 5.35. The minimum absolute atomic E-state index is 0.0804. The van der Waals surface area contributed by atoms with E-state index in [-0.39, 0.29) is 12.3 Å². The summed E-state index contributed by atoms with van der Waals surface area (Å²) in [5.74, 6) is -1.54. The molecule has 6 heteroatoms. The van der Waals surface area contributed by atoms with Gasteiger partial charge in [0, 0.05) is 25.2 Å². The van der Waals surface area contributed by atoms with Crippen LogP contribution < -0.4 is 5.32 Å². The number of esters is 1. The van der Waals surface area contributed by atoms with E-state index < -0.39 is 23.9 Å². The summed E-state index contributed by atoms with van der Waals surface area (Å²) in [6.45, 7) is 6.19. The molecule has 1 heterocycles. The first-order chi connectivity index (χ1) is 13.8. The summed E-state index contributed by atoms with van der Waals surface area (Å²) >= 11 is 0. The molecule has 1 saturated heterocycles. The Morgan fingerprint density at radius 1 is 1.17 bits per heavy atom. The van der Waals surface area contributed by atoms with Gasteiger partial charge in [-0.15, -0.1) is 0 Å². The minimum atomic E-state index is -0.943. The van der Waals surface area contributed by atoms with Crippen LogP contribution in [0.25, 0.3) is 0 Å². The van der Waals surface area contributed by atoms with Gasteiger partial charge in [0.25, 0.3) is 5.91 Å². The first-order valence-electron chi connectivity index (χ1n) is 9.74. The average Bonchev–Trinajstić information content (AvgIpc) is 3.05. The molecule has 0 saturated carbocycles. The Morgan fingerprint density at radius 3 is 2.59 bits per heavy atom. The second-order valence-electron chi connectivity index (χ2n) is 7.55. The minimum Gasteiger partial charge on any atom is -0.452 e. The summed E-state index contributed by atoms with van der Waals surface area (Å²) in [7, 11) is 0. The number of amides is 2. The fourth-order valence-corrected chi connectivity index (χ4v) is 3.40. The van der Waals surface area contributed by atoms with Gasteiger partial charge in [-0.3, -0.25) is 14.4 Å². The summed E-state index contributed by atoms with van der Waals surface area (Å²) in [5.41, 5.74) is 3.74. The van der Waals surface area contributed by atoms with Crippen molar-refractivity contribution in [2.75, 3.05) is 11.9 Å². The smallest absolute Gasteiger partial charge is 0.312 e. The topological polar surface area (TPSA) is 75.7 Å². The van der Waals surface area contributed by atoms with Crippen molar-refractivity contribution in [3.05, 3.63) is 65.2 Å². The van der Waals surface area contributed by atoms with Crippen molar-refractivity contribution in [2.24, 2.45) is 5.92 Å². The van der Waals surface area contributed by atoms with E-state index in [0.29, 0.717) is 18.8 Å². The third-order valence-electron chi connectivity index (χ3n) is 5.07. The number of nitrogens with one attached hydrogen (secondary N) is 1. The van der Waals surface area contributed by atoms with Crippen molar-refractivity contribution in [3.63, 3.8) is 0 Å². The van der Waals surface area contributed by atoms with Gasteiger partial charge in [0.15, 0.2) is 6.10 Å². The highest BCUT2D eigenvalue weighted by Crippen LogP contribution is 2.22. The van der Waals surface area contributed by atoms with Gasteiger partial charge in [0.2, 0.25) is 5.91 Å². The van der Waals surface area contributed by atoms with E-state index in [0.717, 1.165) is 16.7 Å². The maximum atomic E-state index is 12.5. The quantitative estimate of drug-likeness (QED) is 0.764. The lowest BCUT2D eigenvalue weighted by molar-refractivity contribution is -0.157. The van der Waals surface area contributed by atoms with E-state index in [9.17, 15) is 14.4 Å². The van der Waals surface area contributed by atoms with Crippen molar-refractivity contribution < 1.29 is 19.1 Å². The number of rotatable bonds is 6. The molecule has 3 rings (SSSR count). The molecule has 152 valence electrons. The number of carbonyl (C=O) groups is 3. The van der Waals surface area contributed by atoms with E-state index in [4.69, 9.17) is 4.74 Å². The molecule has 0 aromatic heterocycles. The van der Waals surface area contributed by atoms with Gasteiger partial charge in [0.1, 0.15) is 0 Å². The number of likely N-dealkylation sites (tertiary alicyclic amines) is 1. The number of hydrogen-bond acceptors (Lipinski definition) is 4. The summed E-state index contributed by atoms with van der Waals surface area (Å²) in [6.07, 6.45) is -0.835. The van der Waals surface area contributed by atoms with E-state index >= 15 is 0 Å². The number of aryl methyl sites for hydroxylation is 2. The Morgan fingerprint density at radius 2 is 1.90 bits per heavy atom. The Hall–Kier alpha value is -3.15. The molecule has 2 aromatic rings. The Balaban J connectivity index is 1.54. The normalized spacial score (nSPS) is 17.1. The third kappa shape index (κ3) is 5.22. The average molecular weight is 394 g/mol. The van der Waals surface area contributed by atoms with Crippen LogP contribution in [0.1, 0.15) is 30.0 Å². The van der Waals surface area contributed by atoms with Crippen LogP contribution in [-0.4, -0.2) is 35.3 Å². The summed E-state index contributed by atoms with van der Waals surface area (Å²) in [5, 5.41) is 2.79. The van der Waals surface area contributed by atoms with Crippen molar-refractivity contribution in [1.29, 1.82) is 0 Å². The highest BCUT2D eigenvalue weighted by molar-refractivity contribution is 5.96. The molecule has 2 aromatic carbocycles. The van der Waals surface area contributed by atoms with E-state index in [1.807, 2.05) is 62.4 Å². The van der Waals surface area contributed by atoms with Gasteiger partial charge in [-0.05, 0) is 38.0 Å². The van der Waals surface area contributed by atoms with Gasteiger partial charge in [-0.2, -0.15) is 0 Å². The SMILES string of the molecule is Cc1ccc(NC(=O)[C@@H](C)OC(=O)[C@H]2CC(=O)N(Cc3ccccc3)C2)c(C)c1. The molecular formula is C23H26N2O4. The van der Waals surface area contributed by atoms with Gasteiger partial charge in [-0.25, -0.2) is 0 Å². The van der Waals surface area contributed by atoms with Crippen LogP contribution in [0.5, 0.6) is 0 Å². The molecule has 0 radical (unpaired) electrons. The van der Waals surface area contributed by atoms with Crippen LogP contribution in [0, 0.1) is 19.8 Å². The molecule has 2 amide bonds. The summed E-state index contributed by atoms with van der Waals surface area (Å²) in [4.78, 5) is 38.8. The molecule has 0 unspecified atom stereocenters. The molecule has 2 atom stereocenters. The van der Waals surface area contributed by atoms with Gasteiger partial charge in [0.05, 0.1) is 5.92 Å². The molecule has 1 aliphatic rings. The van der Waals surface area contributed by atoms with Crippen LogP contribution in [0.4, 0.5) is 5.69 Å². The lowest BCUT2D eigenvalue weighted by Crippen LogP contribution is -2.33. The highest BCUT2D eigenvalue weighted by Gasteiger charge is 2.36. The highest BCUT2D eigenvalue weighted by atomic mass is 16.5. The van der Waals surface area contributed by atoms with Crippen molar-refractivity contribution >= 4 is 23.5 Å². The van der Waals surface area contributed by atoms with Crippen LogP contribution >= 0.6 is 0 Å². The number of ether oxygens (including phenoxy) is 1. The molecule has 6 nitrogen and oxygen atoms in total. The maximum absolute atomic E-state index is 12.5. The molecule has 1 N–H and O–H groups in total. The standard InChI is InChI=1S/C23H26N2O4/c1-15-9-10-20(16(2)11-15)24-22(27)17(3)29-23(28)19-12-21(26)25(14-19)13-18-7-5-4-6-8-18/h4-11,17,19H,12-14H2,1-3H3,(H,24,27)/t17-,19+/m1/s1. The predicted octanol–water partition coefficient (Wildman–Crippen LogP) is 3.22. The molecule has 29 heavy (non-hydrogen) atoms. The molecule has 1 aliphatic heterocycles. The van der Waals surface area contributed by atoms with Crippen LogP contribution in [0.2, 0.25) is 0 Å². The maximum Gasteiger partial charge on any atom is 0.312 e. The van der Waals surface area contributed by atoms with E-state index in [1.165, 1.54) is 6.92 Å². The van der Waals surface area contributed by atoms with Crippen LogP contribution in [0.15, 0.2) is 48.5 Å². The Labute approximate surface area is 170 Å². The number of benzene rings is 2. The number of anilines is 1. The number of hydrogen-bond donors (Lipinski definition) is 1. The van der Waals surface area contributed by atoms with Gasteiger partial charge >= 0.3 is 5.97 Å². The third-order valence-corrected chi connectivity index (χ3v) is 5.07. The molecule has 0 spiro atoms. The zero-order valence-electron chi connectivity index (χ0n) is 17.0. The predicted molar refractivity (Wildman–Crippen MR) is 110 cm³/mol. The van der Waals surface area contributed by atoms with E-state index in [1.54, 1.807) is 4.90 Å². The molecule has 1 fully saturated rings. The molecular weight excluding hydrogens is 368 g/mol. The largest absolute Gasteiger partial charge is 0.452 e. The fraction of sp³-hybridized carbons (Fsp3) is 0.348. The lowest BCUT2D eigenvalue weighted by atomic mass is 10.1. The monoisotopic (exact) mass is 394 g/mol. The zero-order chi connectivity index (χ0) is 21.0. The van der Waals surface area contributed by atoms with Gasteiger partial charge < -0.3 is 15.0 Å². The number of nitrogens with zero attached hydrogens (tertiary/aromatic N) is 1. The molecule has 0 aliphatic carbocycles.